The molecule has 4 nitrogen and oxygen atoms in total. The Morgan fingerprint density at radius 2 is 2.21 bits per heavy atom. The second-order valence-corrected chi connectivity index (χ2v) is 5.01. The molecule has 3 N–H and O–H groups in total. The Hall–Kier alpha value is -1.46. The van der Waals surface area contributed by atoms with Gasteiger partial charge in [-0.05, 0) is 37.5 Å². The molecule has 1 amide bonds. The molecule has 0 aromatic heterocycles. The molecule has 0 spiro atoms. The number of benzene rings is 1. The largest absolute Gasteiger partial charge is 0.377 e. The normalized spacial score (nSPS) is 22.1. The fourth-order valence-electron chi connectivity index (χ4n) is 2.24. The number of rotatable bonds is 5. The van der Waals surface area contributed by atoms with Gasteiger partial charge in [0.15, 0.2) is 0 Å². The average Bonchev–Trinajstić information content (AvgIpc) is 2.89. The number of ether oxygens (including phenoxy) is 1. The molecule has 2 atom stereocenters. The number of carbonyl (C=O) groups is 1. The minimum absolute atomic E-state index is 0.110. The zero-order valence-corrected chi connectivity index (χ0v) is 11.0. The number of hydrogen-bond donors (Lipinski definition) is 2. The van der Waals surface area contributed by atoms with E-state index < -0.39 is 11.4 Å². The van der Waals surface area contributed by atoms with Gasteiger partial charge in [-0.3, -0.25) is 10.1 Å². The maximum absolute atomic E-state index is 13.0. The molecule has 1 aliphatic heterocycles. The van der Waals surface area contributed by atoms with Gasteiger partial charge in [-0.15, -0.1) is 0 Å². The number of carbonyl (C=O) groups excluding carboxylic acids is 1. The molecular weight excluding hydrogens is 247 g/mol. The summed E-state index contributed by atoms with van der Waals surface area (Å²) in [6.45, 7) is 3.02. The van der Waals surface area contributed by atoms with Crippen molar-refractivity contribution < 1.29 is 13.9 Å². The van der Waals surface area contributed by atoms with E-state index in [4.69, 9.17) is 10.5 Å². The number of hydrogen-bond acceptors (Lipinski definition) is 3. The van der Waals surface area contributed by atoms with E-state index in [-0.39, 0.29) is 11.9 Å². The monoisotopic (exact) mass is 266 g/mol. The number of nitrogens with one attached hydrogen (secondary N) is 1. The molecule has 0 bridgehead atoms. The van der Waals surface area contributed by atoms with Crippen LogP contribution in [0, 0.1) is 5.82 Å². The maximum Gasteiger partial charge on any atom is 0.242 e. The highest BCUT2D eigenvalue weighted by Crippen LogP contribution is 2.22. The molecular formula is C14H19FN2O2. The van der Waals surface area contributed by atoms with E-state index in [9.17, 15) is 9.18 Å². The Morgan fingerprint density at radius 1 is 1.53 bits per heavy atom. The average molecular weight is 266 g/mol. The fourth-order valence-corrected chi connectivity index (χ4v) is 2.24. The van der Waals surface area contributed by atoms with Gasteiger partial charge in [0.25, 0.3) is 0 Å². The van der Waals surface area contributed by atoms with E-state index in [1.54, 1.807) is 19.1 Å². The molecule has 0 radical (unpaired) electrons. The van der Waals surface area contributed by atoms with Crippen molar-refractivity contribution >= 4 is 5.91 Å². The SMILES string of the molecule is CC(NCC1CCCO1)(C(N)=O)c1ccc(F)cc1. The summed E-state index contributed by atoms with van der Waals surface area (Å²) in [5.74, 6) is -0.827. The topological polar surface area (TPSA) is 64.3 Å². The highest BCUT2D eigenvalue weighted by atomic mass is 19.1. The molecule has 1 saturated heterocycles. The number of amides is 1. The third-order valence-electron chi connectivity index (χ3n) is 3.62. The first-order chi connectivity index (χ1) is 9.02. The predicted molar refractivity (Wildman–Crippen MR) is 69.9 cm³/mol. The molecule has 0 aliphatic carbocycles. The van der Waals surface area contributed by atoms with Crippen LogP contribution in [-0.2, 0) is 15.1 Å². The maximum atomic E-state index is 13.0. The van der Waals surface area contributed by atoms with Crippen molar-refractivity contribution in [2.24, 2.45) is 5.73 Å². The Labute approximate surface area is 112 Å². The lowest BCUT2D eigenvalue weighted by molar-refractivity contribution is -0.124. The molecule has 2 unspecified atom stereocenters. The Bertz CT molecular complexity index is 443. The minimum atomic E-state index is -1.01. The Morgan fingerprint density at radius 3 is 2.74 bits per heavy atom. The van der Waals surface area contributed by atoms with Gasteiger partial charge in [0.2, 0.25) is 5.91 Å². The van der Waals surface area contributed by atoms with Crippen LogP contribution in [0.2, 0.25) is 0 Å². The van der Waals surface area contributed by atoms with Crippen LogP contribution in [0.4, 0.5) is 4.39 Å². The summed E-state index contributed by atoms with van der Waals surface area (Å²) >= 11 is 0. The number of halogens is 1. The van der Waals surface area contributed by atoms with E-state index in [1.807, 2.05) is 0 Å². The molecule has 1 heterocycles. The smallest absolute Gasteiger partial charge is 0.242 e. The van der Waals surface area contributed by atoms with Crippen LogP contribution in [0.3, 0.4) is 0 Å². The zero-order valence-electron chi connectivity index (χ0n) is 11.0. The molecule has 0 saturated carbocycles. The van der Waals surface area contributed by atoms with Gasteiger partial charge in [-0.25, -0.2) is 4.39 Å². The van der Waals surface area contributed by atoms with E-state index in [0.717, 1.165) is 19.4 Å². The van der Waals surface area contributed by atoms with Gasteiger partial charge < -0.3 is 10.5 Å². The summed E-state index contributed by atoms with van der Waals surface area (Å²) in [6, 6.07) is 5.79. The van der Waals surface area contributed by atoms with E-state index in [1.165, 1.54) is 12.1 Å². The highest BCUT2D eigenvalue weighted by molar-refractivity contribution is 5.85. The first kappa shape index (κ1) is 14.0. The van der Waals surface area contributed by atoms with Crippen molar-refractivity contribution in [2.45, 2.75) is 31.4 Å². The standard InChI is InChI=1S/C14H19FN2O2/c1-14(13(16)18,10-4-6-11(15)7-5-10)17-9-12-3-2-8-19-12/h4-7,12,17H,2-3,8-9H2,1H3,(H2,16,18). The van der Waals surface area contributed by atoms with E-state index in [2.05, 4.69) is 5.32 Å². The van der Waals surface area contributed by atoms with E-state index in [0.29, 0.717) is 12.1 Å². The van der Waals surface area contributed by atoms with Crippen LogP contribution >= 0.6 is 0 Å². The Balaban J connectivity index is 2.12. The molecule has 1 aromatic rings. The van der Waals surface area contributed by atoms with E-state index >= 15 is 0 Å². The molecule has 104 valence electrons. The molecule has 2 rings (SSSR count). The zero-order chi connectivity index (χ0) is 13.9. The van der Waals surface area contributed by atoms with Gasteiger partial charge >= 0.3 is 0 Å². The van der Waals surface area contributed by atoms with Crippen molar-refractivity contribution in [3.63, 3.8) is 0 Å². The van der Waals surface area contributed by atoms with Crippen molar-refractivity contribution in [3.05, 3.63) is 35.6 Å². The van der Waals surface area contributed by atoms with Crippen LogP contribution in [-0.4, -0.2) is 25.2 Å². The number of primary amides is 1. The van der Waals surface area contributed by atoms with Crippen LogP contribution in [0.25, 0.3) is 0 Å². The van der Waals surface area contributed by atoms with Crippen molar-refractivity contribution in [3.8, 4) is 0 Å². The summed E-state index contributed by atoms with van der Waals surface area (Å²) in [5.41, 5.74) is 5.13. The van der Waals surface area contributed by atoms with Crippen LogP contribution < -0.4 is 11.1 Å². The van der Waals surface area contributed by atoms with Gasteiger partial charge in [-0.2, -0.15) is 0 Å². The van der Waals surface area contributed by atoms with Crippen molar-refractivity contribution in [2.75, 3.05) is 13.2 Å². The van der Waals surface area contributed by atoms with Crippen LogP contribution in [0.15, 0.2) is 24.3 Å². The number of nitrogens with two attached hydrogens (primary N) is 1. The molecule has 1 fully saturated rings. The Kier molecular flexibility index (Phi) is 4.17. The van der Waals surface area contributed by atoms with Crippen LogP contribution in [0.5, 0.6) is 0 Å². The van der Waals surface area contributed by atoms with Gasteiger partial charge in [-0.1, -0.05) is 12.1 Å². The summed E-state index contributed by atoms with van der Waals surface area (Å²) in [5, 5.41) is 3.15. The summed E-state index contributed by atoms with van der Waals surface area (Å²) in [7, 11) is 0. The summed E-state index contributed by atoms with van der Waals surface area (Å²) in [6.07, 6.45) is 2.13. The van der Waals surface area contributed by atoms with Gasteiger partial charge in [0.05, 0.1) is 6.10 Å². The van der Waals surface area contributed by atoms with Crippen molar-refractivity contribution in [1.82, 2.24) is 5.32 Å². The van der Waals surface area contributed by atoms with Gasteiger partial charge in [0, 0.05) is 13.2 Å². The first-order valence-electron chi connectivity index (χ1n) is 6.45. The highest BCUT2D eigenvalue weighted by Gasteiger charge is 2.33. The molecule has 1 aliphatic rings. The lowest BCUT2D eigenvalue weighted by Crippen LogP contribution is -2.52. The summed E-state index contributed by atoms with van der Waals surface area (Å²) < 4.78 is 18.5. The molecule has 5 heteroatoms. The summed E-state index contributed by atoms with van der Waals surface area (Å²) in [4.78, 5) is 11.7. The second-order valence-electron chi connectivity index (χ2n) is 5.01. The van der Waals surface area contributed by atoms with Gasteiger partial charge in [0.1, 0.15) is 11.4 Å². The molecule has 19 heavy (non-hydrogen) atoms. The second kappa shape index (κ2) is 5.67. The lowest BCUT2D eigenvalue weighted by Gasteiger charge is -2.29. The third kappa shape index (κ3) is 3.11. The first-order valence-corrected chi connectivity index (χ1v) is 6.45. The van der Waals surface area contributed by atoms with Crippen molar-refractivity contribution in [1.29, 1.82) is 0 Å². The predicted octanol–water partition coefficient (Wildman–Crippen LogP) is 1.29. The minimum Gasteiger partial charge on any atom is -0.377 e. The fraction of sp³-hybridized carbons (Fsp3) is 0.500. The third-order valence-corrected chi connectivity index (χ3v) is 3.62. The quantitative estimate of drug-likeness (QED) is 0.844. The lowest BCUT2D eigenvalue weighted by atomic mass is 9.91. The van der Waals surface area contributed by atoms with Crippen LogP contribution in [0.1, 0.15) is 25.3 Å². The molecule has 1 aromatic carbocycles.